The molecule has 0 N–H and O–H groups in total. The quantitative estimate of drug-likeness (QED) is 0.592. The van der Waals surface area contributed by atoms with Gasteiger partial charge in [-0.3, -0.25) is 0 Å². The monoisotopic (exact) mass is 226 g/mol. The Kier molecular flexibility index (Phi) is 7.55. The lowest BCUT2D eigenvalue weighted by molar-refractivity contribution is -0.0884. The Morgan fingerprint density at radius 1 is 1.29 bits per heavy atom. The van der Waals surface area contributed by atoms with Gasteiger partial charge in [0.15, 0.2) is 0 Å². The minimum absolute atomic E-state index is 0.170. The van der Waals surface area contributed by atoms with Crippen LogP contribution in [-0.4, -0.2) is 6.18 Å². The molecule has 0 atom stereocenters. The van der Waals surface area contributed by atoms with Crippen LogP contribution in [0.1, 0.15) is 20.8 Å². The summed E-state index contributed by atoms with van der Waals surface area (Å²) in [4.78, 5) is 0. The second kappa shape index (κ2) is 6.71. The average molecular weight is 227 g/mol. The zero-order valence-electron chi connectivity index (χ0n) is 8.50. The SMILES string of the molecule is C=C/C(=C(/Cl)C(=C)C)C(F)(F)F.CC. The fourth-order valence-electron chi connectivity index (χ4n) is 0.560. The zero-order chi connectivity index (χ0) is 11.9. The third-order valence-electron chi connectivity index (χ3n) is 1.12. The topological polar surface area (TPSA) is 0 Å². The summed E-state index contributed by atoms with van der Waals surface area (Å²) in [6.07, 6.45) is -3.78. The van der Waals surface area contributed by atoms with Gasteiger partial charge in [-0.05, 0) is 12.5 Å². The molecule has 82 valence electrons. The molecule has 0 spiro atoms. The summed E-state index contributed by atoms with van der Waals surface area (Å²) < 4.78 is 36.2. The van der Waals surface area contributed by atoms with E-state index >= 15 is 0 Å². The summed E-state index contributed by atoms with van der Waals surface area (Å²) in [6, 6.07) is 0. The standard InChI is InChI=1S/C8H8ClF3.C2H6/c1-4-6(8(10,11)12)7(9)5(2)3;1-2/h4H,1-2H2,3H3;1-2H3/b7-6-;. The number of rotatable bonds is 2. The van der Waals surface area contributed by atoms with E-state index in [2.05, 4.69) is 13.2 Å². The summed E-state index contributed by atoms with van der Waals surface area (Å²) >= 11 is 5.36. The molecular formula is C10H14ClF3. The zero-order valence-corrected chi connectivity index (χ0v) is 9.26. The Bertz CT molecular complexity index is 236. The van der Waals surface area contributed by atoms with Gasteiger partial charge in [-0.2, -0.15) is 13.2 Å². The van der Waals surface area contributed by atoms with Crippen molar-refractivity contribution in [3.05, 3.63) is 35.4 Å². The van der Waals surface area contributed by atoms with Crippen LogP contribution >= 0.6 is 11.6 Å². The number of halogens is 4. The van der Waals surface area contributed by atoms with E-state index in [-0.39, 0.29) is 5.57 Å². The highest BCUT2D eigenvalue weighted by atomic mass is 35.5. The van der Waals surface area contributed by atoms with Gasteiger partial charge < -0.3 is 0 Å². The second-order valence-electron chi connectivity index (χ2n) is 2.21. The molecule has 0 nitrogen and oxygen atoms in total. The molecule has 4 heteroatoms. The van der Waals surface area contributed by atoms with Crippen LogP contribution in [0.4, 0.5) is 13.2 Å². The predicted molar refractivity (Wildman–Crippen MR) is 55.3 cm³/mol. The van der Waals surface area contributed by atoms with Crippen LogP contribution in [0.2, 0.25) is 0 Å². The maximum Gasteiger partial charge on any atom is 0.417 e. The first-order chi connectivity index (χ1) is 6.30. The van der Waals surface area contributed by atoms with E-state index in [1.54, 1.807) is 0 Å². The maximum absolute atomic E-state index is 12.1. The van der Waals surface area contributed by atoms with Gasteiger partial charge in [0.1, 0.15) is 0 Å². The van der Waals surface area contributed by atoms with Crippen molar-refractivity contribution in [2.24, 2.45) is 0 Å². The van der Waals surface area contributed by atoms with Crippen LogP contribution in [0.5, 0.6) is 0 Å². The molecule has 0 aliphatic heterocycles. The molecule has 0 aromatic carbocycles. The minimum Gasteiger partial charge on any atom is -0.166 e. The van der Waals surface area contributed by atoms with Gasteiger partial charge in [-0.1, -0.05) is 44.7 Å². The van der Waals surface area contributed by atoms with Crippen LogP contribution in [0.15, 0.2) is 35.4 Å². The molecule has 14 heavy (non-hydrogen) atoms. The van der Waals surface area contributed by atoms with Crippen molar-refractivity contribution < 1.29 is 13.2 Å². The molecule has 0 radical (unpaired) electrons. The van der Waals surface area contributed by atoms with Gasteiger partial charge in [-0.25, -0.2) is 0 Å². The molecule has 0 rings (SSSR count). The van der Waals surface area contributed by atoms with E-state index in [1.807, 2.05) is 13.8 Å². The summed E-state index contributed by atoms with van der Waals surface area (Å²) in [5.41, 5.74) is -0.777. The number of hydrogen-bond donors (Lipinski definition) is 0. The van der Waals surface area contributed by atoms with E-state index in [0.717, 1.165) is 0 Å². The van der Waals surface area contributed by atoms with Gasteiger partial charge in [0.25, 0.3) is 0 Å². The fourth-order valence-corrected chi connectivity index (χ4v) is 0.744. The van der Waals surface area contributed by atoms with E-state index in [4.69, 9.17) is 11.6 Å². The predicted octanol–water partition coefficient (Wildman–Crippen LogP) is 4.83. The first kappa shape index (κ1) is 15.8. The molecule has 0 saturated carbocycles. The van der Waals surface area contributed by atoms with Crippen molar-refractivity contribution in [2.45, 2.75) is 26.9 Å². The third-order valence-corrected chi connectivity index (χ3v) is 1.65. The molecule has 0 aliphatic carbocycles. The Balaban J connectivity index is 0. The number of allylic oxidation sites excluding steroid dienone is 4. The Morgan fingerprint density at radius 2 is 1.64 bits per heavy atom. The lowest BCUT2D eigenvalue weighted by atomic mass is 10.2. The molecule has 0 aliphatic rings. The lowest BCUT2D eigenvalue weighted by Crippen LogP contribution is -2.11. The Hall–Kier alpha value is -0.700. The van der Waals surface area contributed by atoms with E-state index in [1.165, 1.54) is 6.92 Å². The van der Waals surface area contributed by atoms with Crippen molar-refractivity contribution in [3.63, 3.8) is 0 Å². The van der Waals surface area contributed by atoms with Crippen molar-refractivity contribution in [1.82, 2.24) is 0 Å². The molecule has 0 saturated heterocycles. The highest BCUT2D eigenvalue weighted by molar-refractivity contribution is 6.32. The van der Waals surface area contributed by atoms with Gasteiger partial charge in [0, 0.05) is 0 Å². The van der Waals surface area contributed by atoms with E-state index < -0.39 is 16.8 Å². The number of hydrogen-bond acceptors (Lipinski definition) is 0. The smallest absolute Gasteiger partial charge is 0.166 e. The largest absolute Gasteiger partial charge is 0.417 e. The van der Waals surface area contributed by atoms with Crippen LogP contribution in [0.25, 0.3) is 0 Å². The highest BCUT2D eigenvalue weighted by Crippen LogP contribution is 2.32. The molecule has 0 unspecified atom stereocenters. The van der Waals surface area contributed by atoms with Crippen molar-refractivity contribution in [1.29, 1.82) is 0 Å². The van der Waals surface area contributed by atoms with E-state index in [0.29, 0.717) is 6.08 Å². The molecule has 0 bridgehead atoms. The normalized spacial score (nSPS) is 12.2. The molecule has 0 heterocycles. The maximum atomic E-state index is 12.1. The number of alkyl halides is 3. The van der Waals surface area contributed by atoms with Crippen molar-refractivity contribution in [2.75, 3.05) is 0 Å². The molecular weight excluding hydrogens is 213 g/mol. The second-order valence-corrected chi connectivity index (χ2v) is 2.59. The Labute approximate surface area is 87.8 Å². The first-order valence-corrected chi connectivity index (χ1v) is 4.43. The van der Waals surface area contributed by atoms with Gasteiger partial charge in [0.2, 0.25) is 0 Å². The highest BCUT2D eigenvalue weighted by Gasteiger charge is 2.33. The van der Waals surface area contributed by atoms with Gasteiger partial charge in [0.05, 0.1) is 10.6 Å². The molecule has 0 fully saturated rings. The molecule has 0 aromatic rings. The Morgan fingerprint density at radius 3 is 1.71 bits per heavy atom. The van der Waals surface area contributed by atoms with Crippen LogP contribution in [0, 0.1) is 0 Å². The van der Waals surface area contributed by atoms with Crippen LogP contribution < -0.4 is 0 Å². The van der Waals surface area contributed by atoms with Crippen LogP contribution in [0.3, 0.4) is 0 Å². The van der Waals surface area contributed by atoms with E-state index in [9.17, 15) is 13.2 Å². The minimum atomic E-state index is -4.46. The first-order valence-electron chi connectivity index (χ1n) is 4.06. The van der Waals surface area contributed by atoms with Crippen molar-refractivity contribution in [3.8, 4) is 0 Å². The lowest BCUT2D eigenvalue weighted by Gasteiger charge is -2.09. The molecule has 0 amide bonds. The summed E-state index contributed by atoms with van der Waals surface area (Å²) in [5.74, 6) is 0. The van der Waals surface area contributed by atoms with Gasteiger partial charge in [-0.15, -0.1) is 0 Å². The third kappa shape index (κ3) is 5.12. The van der Waals surface area contributed by atoms with Crippen LogP contribution in [-0.2, 0) is 0 Å². The van der Waals surface area contributed by atoms with Crippen molar-refractivity contribution >= 4 is 11.6 Å². The summed E-state index contributed by atoms with van der Waals surface area (Å²) in [5, 5.41) is -0.391. The van der Waals surface area contributed by atoms with Gasteiger partial charge >= 0.3 is 6.18 Å². The average Bonchev–Trinajstić information content (AvgIpc) is 2.06. The molecule has 0 aromatic heterocycles. The summed E-state index contributed by atoms with van der Waals surface area (Å²) in [7, 11) is 0. The fraction of sp³-hybridized carbons (Fsp3) is 0.400. The summed E-state index contributed by atoms with van der Waals surface area (Å²) in [6.45, 7) is 11.7.